The minimum absolute atomic E-state index is 0.0199. The normalized spacial score (nSPS) is 20.1. The van der Waals surface area contributed by atoms with Crippen LogP contribution in [-0.4, -0.2) is 47.9 Å². The van der Waals surface area contributed by atoms with Crippen LogP contribution < -0.4 is 10.2 Å². The van der Waals surface area contributed by atoms with Crippen molar-refractivity contribution in [2.75, 3.05) is 31.1 Å². The number of hydrogen-bond acceptors (Lipinski definition) is 4. The molecule has 6 nitrogen and oxygen atoms in total. The second-order valence-corrected chi connectivity index (χ2v) is 11.5. The van der Waals surface area contributed by atoms with Crippen LogP contribution in [0.1, 0.15) is 75.7 Å². The summed E-state index contributed by atoms with van der Waals surface area (Å²) in [6.07, 6.45) is 2.70. The first kappa shape index (κ1) is 27.3. The number of aromatic nitrogens is 1. The number of halogens is 3. The maximum absolute atomic E-state index is 13.5. The summed E-state index contributed by atoms with van der Waals surface area (Å²) in [5.74, 6) is -0.197. The number of carbonyl (C=O) groups excluding carboxylic acids is 2. The molecule has 1 spiro atoms. The molecule has 2 aromatic carbocycles. The number of hydrogen-bond donors (Lipinski definition) is 1. The molecule has 2 amide bonds. The molecule has 1 unspecified atom stereocenters. The number of benzene rings is 2. The number of amides is 2. The van der Waals surface area contributed by atoms with E-state index in [1.54, 1.807) is 36.5 Å². The summed E-state index contributed by atoms with van der Waals surface area (Å²) in [4.78, 5) is 34.4. The molecule has 0 bridgehead atoms. The van der Waals surface area contributed by atoms with Gasteiger partial charge in [-0.25, -0.2) is 0 Å². The number of carbonyl (C=O) groups is 2. The third-order valence-electron chi connectivity index (χ3n) is 9.17. The van der Waals surface area contributed by atoms with E-state index in [4.69, 9.17) is 0 Å². The molecular weight excluding hydrogens is 529 g/mol. The fraction of sp³-hybridized carbons (Fsp3) is 0.406. The molecule has 2 saturated heterocycles. The summed E-state index contributed by atoms with van der Waals surface area (Å²) in [6.45, 7) is 2.98. The molecule has 6 rings (SSSR count). The van der Waals surface area contributed by atoms with Gasteiger partial charge in [0.1, 0.15) is 5.69 Å². The highest BCUT2D eigenvalue weighted by Crippen LogP contribution is 2.43. The number of anilines is 1. The zero-order valence-electron chi connectivity index (χ0n) is 22.8. The molecule has 3 heterocycles. The Kier molecular flexibility index (Phi) is 7.21. The predicted octanol–water partition coefficient (Wildman–Crippen LogP) is 6.04. The lowest BCUT2D eigenvalue weighted by atomic mass is 9.71. The summed E-state index contributed by atoms with van der Waals surface area (Å²) in [5.41, 5.74) is 3.55. The summed E-state index contributed by atoms with van der Waals surface area (Å²) in [7, 11) is 0. The number of fused-ring (bicyclic) bond motifs is 1. The minimum atomic E-state index is -4.33. The van der Waals surface area contributed by atoms with Gasteiger partial charge in [0.05, 0.1) is 11.6 Å². The zero-order chi connectivity index (χ0) is 28.6. The highest BCUT2D eigenvalue weighted by Gasteiger charge is 2.39. The van der Waals surface area contributed by atoms with Crippen molar-refractivity contribution in [2.45, 2.75) is 50.7 Å². The number of rotatable bonds is 4. The molecule has 0 radical (unpaired) electrons. The van der Waals surface area contributed by atoms with Gasteiger partial charge in [0.15, 0.2) is 0 Å². The molecule has 1 aliphatic carbocycles. The van der Waals surface area contributed by atoms with E-state index in [0.29, 0.717) is 24.3 Å². The van der Waals surface area contributed by atoms with E-state index < -0.39 is 11.7 Å². The largest absolute Gasteiger partial charge is 0.416 e. The summed E-state index contributed by atoms with van der Waals surface area (Å²) in [5, 5.41) is 3.08. The van der Waals surface area contributed by atoms with Gasteiger partial charge in [-0.05, 0) is 104 Å². The fourth-order valence-corrected chi connectivity index (χ4v) is 6.58. The van der Waals surface area contributed by atoms with E-state index in [0.717, 1.165) is 80.6 Å². The maximum Gasteiger partial charge on any atom is 0.416 e. The van der Waals surface area contributed by atoms with E-state index in [1.807, 2.05) is 23.1 Å². The van der Waals surface area contributed by atoms with E-state index >= 15 is 0 Å². The van der Waals surface area contributed by atoms with Crippen LogP contribution in [0.15, 0.2) is 66.9 Å². The molecule has 3 aromatic rings. The number of nitrogens with zero attached hydrogens (tertiary/aromatic N) is 3. The molecule has 1 atom stereocenters. The van der Waals surface area contributed by atoms with E-state index in [2.05, 4.69) is 15.2 Å². The van der Waals surface area contributed by atoms with Gasteiger partial charge in [0.2, 0.25) is 0 Å². The van der Waals surface area contributed by atoms with Gasteiger partial charge < -0.3 is 15.1 Å². The van der Waals surface area contributed by atoms with E-state index in [-0.39, 0.29) is 23.3 Å². The van der Waals surface area contributed by atoms with Crippen molar-refractivity contribution in [3.63, 3.8) is 0 Å². The second kappa shape index (κ2) is 10.8. The Morgan fingerprint density at radius 2 is 1.61 bits per heavy atom. The van der Waals surface area contributed by atoms with Crippen molar-refractivity contribution >= 4 is 17.5 Å². The molecule has 1 N–H and O–H groups in total. The van der Waals surface area contributed by atoms with Gasteiger partial charge in [-0.2, -0.15) is 13.2 Å². The first-order valence-corrected chi connectivity index (χ1v) is 14.3. The Hall–Kier alpha value is -3.88. The van der Waals surface area contributed by atoms with Crippen LogP contribution in [0.5, 0.6) is 0 Å². The van der Waals surface area contributed by atoms with Crippen LogP contribution in [0.4, 0.5) is 18.9 Å². The summed E-state index contributed by atoms with van der Waals surface area (Å²) < 4.78 is 38.8. The number of piperidine rings is 2. The Morgan fingerprint density at radius 3 is 2.27 bits per heavy atom. The first-order valence-electron chi connectivity index (χ1n) is 14.3. The standard InChI is InChI=1S/C32H33F3N4O2/c33-32(34,35)24-7-9-25(10-8-24)38-17-12-31(13-18-38)14-19-39(20-15-31)30(41)23-5-4-22-6-11-27(26(22)21-23)37-29(40)28-3-1-2-16-36-28/h1-5,7-10,16,21,27H,6,11-15,17-20H2,(H,37,40). The fourth-order valence-electron chi connectivity index (χ4n) is 6.58. The second-order valence-electron chi connectivity index (χ2n) is 11.5. The van der Waals surface area contributed by atoms with Gasteiger partial charge in [-0.3, -0.25) is 14.6 Å². The molecular formula is C32H33F3N4O2. The SMILES string of the molecule is O=C(NC1CCc2ccc(C(=O)N3CCC4(CC3)CCN(c3ccc(C(F)(F)F)cc3)CC4)cc21)c1ccccn1. The Bertz CT molecular complexity index is 1410. The van der Waals surface area contributed by atoms with Crippen molar-refractivity contribution in [3.05, 3.63) is 94.8 Å². The minimum Gasteiger partial charge on any atom is -0.371 e. The molecule has 214 valence electrons. The average molecular weight is 563 g/mol. The molecule has 41 heavy (non-hydrogen) atoms. The van der Waals surface area contributed by atoms with Crippen molar-refractivity contribution in [1.29, 1.82) is 0 Å². The predicted molar refractivity (Wildman–Crippen MR) is 150 cm³/mol. The number of alkyl halides is 3. The first-order chi connectivity index (χ1) is 19.7. The maximum atomic E-state index is 13.5. The highest BCUT2D eigenvalue weighted by molar-refractivity contribution is 5.95. The van der Waals surface area contributed by atoms with Crippen LogP contribution in [0.25, 0.3) is 0 Å². The average Bonchev–Trinajstić information content (AvgIpc) is 3.39. The third-order valence-corrected chi connectivity index (χ3v) is 9.17. The van der Waals surface area contributed by atoms with Gasteiger partial charge in [-0.1, -0.05) is 12.1 Å². The quantitative estimate of drug-likeness (QED) is 0.421. The number of nitrogens with one attached hydrogen (secondary N) is 1. The summed E-state index contributed by atoms with van der Waals surface area (Å²) >= 11 is 0. The van der Waals surface area contributed by atoms with Crippen molar-refractivity contribution < 1.29 is 22.8 Å². The lowest BCUT2D eigenvalue weighted by molar-refractivity contribution is -0.137. The lowest BCUT2D eigenvalue weighted by Crippen LogP contribution is -2.48. The highest BCUT2D eigenvalue weighted by atomic mass is 19.4. The van der Waals surface area contributed by atoms with E-state index in [9.17, 15) is 22.8 Å². The van der Waals surface area contributed by atoms with Crippen molar-refractivity contribution in [3.8, 4) is 0 Å². The number of aryl methyl sites for hydroxylation is 1. The Balaban J connectivity index is 1.05. The monoisotopic (exact) mass is 562 g/mol. The zero-order valence-corrected chi connectivity index (χ0v) is 22.8. The van der Waals surface area contributed by atoms with Crippen LogP contribution in [-0.2, 0) is 12.6 Å². The van der Waals surface area contributed by atoms with Crippen LogP contribution in [0, 0.1) is 5.41 Å². The van der Waals surface area contributed by atoms with Crippen LogP contribution >= 0.6 is 0 Å². The Morgan fingerprint density at radius 1 is 0.902 bits per heavy atom. The van der Waals surface area contributed by atoms with Gasteiger partial charge in [0.25, 0.3) is 11.8 Å². The van der Waals surface area contributed by atoms with Crippen LogP contribution in [0.3, 0.4) is 0 Å². The van der Waals surface area contributed by atoms with Crippen molar-refractivity contribution in [2.24, 2.45) is 5.41 Å². The molecule has 0 saturated carbocycles. The molecule has 3 aliphatic rings. The molecule has 2 aliphatic heterocycles. The Labute approximate surface area is 237 Å². The topological polar surface area (TPSA) is 65.5 Å². The number of pyridine rings is 1. The van der Waals surface area contributed by atoms with Gasteiger partial charge >= 0.3 is 6.18 Å². The van der Waals surface area contributed by atoms with Crippen LogP contribution in [0.2, 0.25) is 0 Å². The summed E-state index contributed by atoms with van der Waals surface area (Å²) in [6, 6.07) is 16.4. The van der Waals surface area contributed by atoms with Gasteiger partial charge in [0, 0.05) is 43.6 Å². The number of likely N-dealkylation sites (tertiary alicyclic amines) is 1. The molecule has 1 aromatic heterocycles. The lowest BCUT2D eigenvalue weighted by Gasteiger charge is -2.47. The van der Waals surface area contributed by atoms with E-state index in [1.165, 1.54) is 0 Å². The van der Waals surface area contributed by atoms with Crippen molar-refractivity contribution in [1.82, 2.24) is 15.2 Å². The molecule has 9 heteroatoms. The smallest absolute Gasteiger partial charge is 0.371 e. The molecule has 2 fully saturated rings. The third kappa shape index (κ3) is 5.67. The van der Waals surface area contributed by atoms with Gasteiger partial charge in [-0.15, -0.1) is 0 Å².